The van der Waals surface area contributed by atoms with E-state index in [0.717, 1.165) is 24.9 Å². The second kappa shape index (κ2) is 9.70. The Morgan fingerprint density at radius 2 is 2.08 bits per heavy atom. The van der Waals surface area contributed by atoms with Crippen LogP contribution < -0.4 is 15.8 Å². The summed E-state index contributed by atoms with van der Waals surface area (Å²) in [4.78, 5) is 12.2. The summed E-state index contributed by atoms with van der Waals surface area (Å²) in [6.45, 7) is 0.467. The third-order valence-electron chi connectivity index (χ3n) is 4.46. The normalized spacial score (nSPS) is 15.5. The third kappa shape index (κ3) is 5.29. The van der Waals surface area contributed by atoms with Crippen LogP contribution in [-0.2, 0) is 11.2 Å². The molecule has 0 bridgehead atoms. The number of hydrogen-bond donors (Lipinski definition) is 2. The van der Waals surface area contributed by atoms with Gasteiger partial charge in [-0.2, -0.15) is 0 Å². The highest BCUT2D eigenvalue weighted by Gasteiger charge is 2.21. The molecule has 140 valence electrons. The van der Waals surface area contributed by atoms with Gasteiger partial charge in [0.25, 0.3) is 0 Å². The van der Waals surface area contributed by atoms with Gasteiger partial charge in [-0.1, -0.05) is 29.8 Å². The molecule has 0 fully saturated rings. The van der Waals surface area contributed by atoms with Crippen LogP contribution >= 0.6 is 24.0 Å². The molecule has 3 rings (SSSR count). The number of carbonyl (C=O) groups excluding carboxylic acids is 1. The fourth-order valence-electron chi connectivity index (χ4n) is 3.23. The second-order valence-corrected chi connectivity index (χ2v) is 6.76. The van der Waals surface area contributed by atoms with Crippen LogP contribution in [0, 0.1) is 0 Å². The van der Waals surface area contributed by atoms with Crippen LogP contribution in [-0.4, -0.2) is 12.5 Å². The number of amides is 1. The highest BCUT2D eigenvalue weighted by molar-refractivity contribution is 6.32. The fraction of sp³-hybridized carbons (Fsp3) is 0.350. The molecule has 3 N–H and O–H groups in total. The Bertz CT molecular complexity index is 752. The van der Waals surface area contributed by atoms with E-state index in [1.54, 1.807) is 6.07 Å². The zero-order valence-electron chi connectivity index (χ0n) is 14.5. The quantitative estimate of drug-likeness (QED) is 0.551. The maximum Gasteiger partial charge on any atom is 0.220 e. The van der Waals surface area contributed by atoms with E-state index in [4.69, 9.17) is 22.1 Å². The zero-order valence-corrected chi connectivity index (χ0v) is 16.1. The van der Waals surface area contributed by atoms with E-state index in [1.807, 2.05) is 36.4 Å². The SMILES string of the molecule is Cl.Nc1ccc2c(c1)CCCC2NC(=O)CCCOc1ccccc1Cl. The van der Waals surface area contributed by atoms with Crippen molar-refractivity contribution < 1.29 is 9.53 Å². The van der Waals surface area contributed by atoms with Gasteiger partial charge in [-0.15, -0.1) is 12.4 Å². The summed E-state index contributed by atoms with van der Waals surface area (Å²) in [5.41, 5.74) is 9.08. The molecule has 4 nitrogen and oxygen atoms in total. The summed E-state index contributed by atoms with van der Waals surface area (Å²) >= 11 is 6.04. The molecule has 0 saturated carbocycles. The minimum atomic E-state index is 0. The number of hydrogen-bond acceptors (Lipinski definition) is 3. The third-order valence-corrected chi connectivity index (χ3v) is 4.77. The molecule has 0 spiro atoms. The number of carbonyl (C=O) groups is 1. The molecule has 2 aromatic carbocycles. The largest absolute Gasteiger partial charge is 0.492 e. The molecule has 1 amide bonds. The Balaban J connectivity index is 0.00000243. The lowest BCUT2D eigenvalue weighted by Crippen LogP contribution is -2.31. The van der Waals surface area contributed by atoms with E-state index in [-0.39, 0.29) is 24.4 Å². The fourth-order valence-corrected chi connectivity index (χ4v) is 3.42. The number of fused-ring (bicyclic) bond motifs is 1. The van der Waals surface area contributed by atoms with Crippen molar-refractivity contribution in [3.8, 4) is 5.75 Å². The molecule has 0 aromatic heterocycles. The van der Waals surface area contributed by atoms with Crippen molar-refractivity contribution in [2.75, 3.05) is 12.3 Å². The van der Waals surface area contributed by atoms with Crippen LogP contribution in [0.25, 0.3) is 0 Å². The number of nitrogens with one attached hydrogen (secondary N) is 1. The Labute approximate surface area is 165 Å². The Morgan fingerprint density at radius 1 is 1.27 bits per heavy atom. The first kappa shape index (κ1) is 20.4. The molecular formula is C20H24Cl2N2O2. The Kier molecular flexibility index (Phi) is 7.61. The van der Waals surface area contributed by atoms with E-state index in [1.165, 1.54) is 11.1 Å². The lowest BCUT2D eigenvalue weighted by molar-refractivity contribution is -0.122. The van der Waals surface area contributed by atoms with Gasteiger partial charge in [0.05, 0.1) is 17.7 Å². The molecule has 1 atom stereocenters. The van der Waals surface area contributed by atoms with Gasteiger partial charge in [0.1, 0.15) is 5.75 Å². The zero-order chi connectivity index (χ0) is 17.6. The number of aryl methyl sites for hydroxylation is 1. The highest BCUT2D eigenvalue weighted by Crippen LogP contribution is 2.31. The number of anilines is 1. The number of nitrogen functional groups attached to an aromatic ring is 1. The topological polar surface area (TPSA) is 64.3 Å². The number of rotatable bonds is 6. The van der Waals surface area contributed by atoms with E-state index in [9.17, 15) is 4.79 Å². The summed E-state index contributed by atoms with van der Waals surface area (Å²) in [6.07, 6.45) is 4.15. The van der Waals surface area contributed by atoms with Gasteiger partial charge < -0.3 is 15.8 Å². The lowest BCUT2D eigenvalue weighted by atomic mass is 9.87. The average Bonchev–Trinajstić information content (AvgIpc) is 2.60. The number of benzene rings is 2. The van der Waals surface area contributed by atoms with Crippen LogP contribution in [0.2, 0.25) is 5.02 Å². The minimum Gasteiger partial charge on any atom is -0.492 e. The predicted octanol–water partition coefficient (Wildman–Crippen LogP) is 4.70. The molecule has 2 aromatic rings. The van der Waals surface area contributed by atoms with Gasteiger partial charge in [0, 0.05) is 12.1 Å². The number of ether oxygens (including phenoxy) is 1. The minimum absolute atomic E-state index is 0. The first-order valence-corrected chi connectivity index (χ1v) is 9.06. The van der Waals surface area contributed by atoms with Crippen molar-refractivity contribution in [3.05, 3.63) is 58.6 Å². The Morgan fingerprint density at radius 3 is 2.88 bits per heavy atom. The molecule has 6 heteroatoms. The van der Waals surface area contributed by atoms with Crippen LogP contribution in [0.15, 0.2) is 42.5 Å². The maximum atomic E-state index is 12.2. The molecule has 0 aliphatic heterocycles. The summed E-state index contributed by atoms with van der Waals surface area (Å²) in [6, 6.07) is 13.4. The first-order chi connectivity index (χ1) is 12.1. The van der Waals surface area contributed by atoms with Gasteiger partial charge >= 0.3 is 0 Å². The monoisotopic (exact) mass is 394 g/mol. The van der Waals surface area contributed by atoms with Crippen molar-refractivity contribution in [2.45, 2.75) is 38.1 Å². The molecule has 0 heterocycles. The second-order valence-electron chi connectivity index (χ2n) is 6.35. The van der Waals surface area contributed by atoms with Crippen LogP contribution in [0.3, 0.4) is 0 Å². The summed E-state index contributed by atoms with van der Waals surface area (Å²) < 4.78 is 5.62. The average molecular weight is 395 g/mol. The van der Waals surface area contributed by atoms with Crippen LogP contribution in [0.5, 0.6) is 5.75 Å². The van der Waals surface area contributed by atoms with Gasteiger partial charge in [-0.05, 0) is 61.1 Å². The lowest BCUT2D eigenvalue weighted by Gasteiger charge is -2.26. The van der Waals surface area contributed by atoms with Crippen LogP contribution in [0.4, 0.5) is 5.69 Å². The molecule has 1 aliphatic rings. The van der Waals surface area contributed by atoms with Gasteiger partial charge in [-0.3, -0.25) is 4.79 Å². The molecule has 0 radical (unpaired) electrons. The summed E-state index contributed by atoms with van der Waals surface area (Å²) in [5.74, 6) is 0.709. The van der Waals surface area contributed by atoms with Gasteiger partial charge in [-0.25, -0.2) is 0 Å². The molecule has 26 heavy (non-hydrogen) atoms. The predicted molar refractivity (Wildman–Crippen MR) is 108 cm³/mol. The first-order valence-electron chi connectivity index (χ1n) is 8.68. The van der Waals surface area contributed by atoms with Crippen molar-refractivity contribution in [1.29, 1.82) is 0 Å². The van der Waals surface area contributed by atoms with E-state index >= 15 is 0 Å². The number of nitrogens with two attached hydrogens (primary N) is 1. The van der Waals surface area contributed by atoms with E-state index in [0.29, 0.717) is 30.2 Å². The maximum absolute atomic E-state index is 12.2. The van der Waals surface area contributed by atoms with Crippen molar-refractivity contribution in [3.63, 3.8) is 0 Å². The standard InChI is InChI=1S/C20H23ClN2O2.ClH/c21-17-6-1-2-8-19(17)25-12-4-9-20(24)23-18-7-3-5-14-13-15(22)10-11-16(14)18;/h1-2,6,8,10-11,13,18H,3-5,7,9,12,22H2,(H,23,24);1H. The van der Waals surface area contributed by atoms with Crippen LogP contribution in [0.1, 0.15) is 42.9 Å². The van der Waals surface area contributed by atoms with Crippen molar-refractivity contribution in [1.82, 2.24) is 5.32 Å². The molecule has 1 unspecified atom stereocenters. The van der Waals surface area contributed by atoms with Gasteiger partial charge in [0.15, 0.2) is 0 Å². The highest BCUT2D eigenvalue weighted by atomic mass is 35.5. The van der Waals surface area contributed by atoms with Crippen molar-refractivity contribution >= 4 is 35.6 Å². The van der Waals surface area contributed by atoms with Crippen molar-refractivity contribution in [2.24, 2.45) is 0 Å². The van der Waals surface area contributed by atoms with E-state index < -0.39 is 0 Å². The molecule has 1 aliphatic carbocycles. The smallest absolute Gasteiger partial charge is 0.220 e. The van der Waals surface area contributed by atoms with E-state index in [2.05, 4.69) is 5.32 Å². The Hall–Kier alpha value is -1.91. The van der Waals surface area contributed by atoms with Gasteiger partial charge in [0.2, 0.25) is 5.91 Å². The molecular weight excluding hydrogens is 371 g/mol. The number of halogens is 2. The summed E-state index contributed by atoms with van der Waals surface area (Å²) in [7, 11) is 0. The number of para-hydroxylation sites is 1. The summed E-state index contributed by atoms with van der Waals surface area (Å²) in [5, 5.41) is 3.73. The molecule has 0 saturated heterocycles.